The summed E-state index contributed by atoms with van der Waals surface area (Å²) in [5, 5.41) is 3.17. The Morgan fingerprint density at radius 2 is 2.13 bits per heavy atom. The van der Waals surface area contributed by atoms with Gasteiger partial charge in [0.15, 0.2) is 11.5 Å². The van der Waals surface area contributed by atoms with E-state index in [4.69, 9.17) is 32.2 Å². The maximum absolute atomic E-state index is 12.5. The molecule has 2 aliphatic rings. The highest BCUT2D eigenvalue weighted by molar-refractivity contribution is 6.32. The van der Waals surface area contributed by atoms with Gasteiger partial charge in [0.2, 0.25) is 0 Å². The molecule has 3 rings (SSSR count). The number of terminal acetylenes is 1. The van der Waals surface area contributed by atoms with Crippen LogP contribution in [0.3, 0.4) is 0 Å². The van der Waals surface area contributed by atoms with E-state index in [0.717, 1.165) is 19.3 Å². The third kappa shape index (κ3) is 3.54. The minimum atomic E-state index is -0.459. The molecule has 1 N–H and O–H groups in total. The highest BCUT2D eigenvalue weighted by Crippen LogP contribution is 2.38. The molecule has 122 valence electrons. The molecular formula is C17H18ClNO4. The van der Waals surface area contributed by atoms with Gasteiger partial charge in [-0.3, -0.25) is 4.79 Å². The van der Waals surface area contributed by atoms with Crippen molar-refractivity contribution in [3.63, 3.8) is 0 Å². The zero-order valence-corrected chi connectivity index (χ0v) is 13.4. The summed E-state index contributed by atoms with van der Waals surface area (Å²) in [5.74, 6) is 3.24. The number of rotatable bonds is 3. The Kier molecular flexibility index (Phi) is 4.94. The smallest absolute Gasteiger partial charge is 0.252 e. The highest BCUT2D eigenvalue weighted by Gasteiger charge is 2.27. The second-order valence-electron chi connectivity index (χ2n) is 5.51. The molecule has 1 amide bonds. The van der Waals surface area contributed by atoms with Crippen LogP contribution in [0.5, 0.6) is 11.5 Å². The molecule has 5 nitrogen and oxygen atoms in total. The van der Waals surface area contributed by atoms with Crippen LogP contribution in [0.15, 0.2) is 12.1 Å². The first-order valence-electron chi connectivity index (χ1n) is 7.67. The van der Waals surface area contributed by atoms with Crippen molar-refractivity contribution >= 4 is 17.5 Å². The number of benzene rings is 1. The Morgan fingerprint density at radius 1 is 1.30 bits per heavy atom. The van der Waals surface area contributed by atoms with E-state index >= 15 is 0 Å². The fourth-order valence-corrected chi connectivity index (χ4v) is 2.96. The molecule has 1 aromatic rings. The van der Waals surface area contributed by atoms with Gasteiger partial charge in [-0.05, 0) is 25.0 Å². The molecule has 0 aromatic heterocycles. The van der Waals surface area contributed by atoms with E-state index in [1.165, 1.54) is 0 Å². The minimum absolute atomic E-state index is 0.139. The van der Waals surface area contributed by atoms with Gasteiger partial charge in [0.25, 0.3) is 5.91 Å². The van der Waals surface area contributed by atoms with Crippen molar-refractivity contribution in [1.82, 2.24) is 5.32 Å². The summed E-state index contributed by atoms with van der Waals surface area (Å²) in [6.45, 7) is 1.74. The standard InChI is InChI=1S/C17H18ClNO4/c1-2-13(14-5-3-6-21-14)19-17(20)11-9-12(18)16-15(10-11)22-7-4-8-23-16/h1,9-10,13-14H,3-8H2,(H,19,20)/t13-,14+/m0/s1. The molecule has 2 aliphatic heterocycles. The average molecular weight is 336 g/mol. The maximum Gasteiger partial charge on any atom is 0.252 e. The third-order valence-electron chi connectivity index (χ3n) is 3.87. The van der Waals surface area contributed by atoms with Crippen LogP contribution in [0.2, 0.25) is 5.02 Å². The second-order valence-corrected chi connectivity index (χ2v) is 5.91. The van der Waals surface area contributed by atoms with E-state index in [-0.39, 0.29) is 12.0 Å². The summed E-state index contributed by atoms with van der Waals surface area (Å²) in [5.41, 5.74) is 0.387. The Bertz CT molecular complexity index is 634. The maximum atomic E-state index is 12.5. The quantitative estimate of drug-likeness (QED) is 0.862. The molecule has 1 saturated heterocycles. The van der Waals surface area contributed by atoms with Crippen molar-refractivity contribution in [3.8, 4) is 23.8 Å². The lowest BCUT2D eigenvalue weighted by atomic mass is 10.1. The molecule has 0 unspecified atom stereocenters. The molecule has 0 saturated carbocycles. The van der Waals surface area contributed by atoms with Crippen molar-refractivity contribution < 1.29 is 19.0 Å². The lowest BCUT2D eigenvalue weighted by Crippen LogP contribution is -2.42. The average Bonchev–Trinajstić information content (AvgIpc) is 2.97. The van der Waals surface area contributed by atoms with Gasteiger partial charge in [0.1, 0.15) is 6.04 Å². The van der Waals surface area contributed by atoms with E-state index in [0.29, 0.717) is 41.9 Å². The Hall–Kier alpha value is -1.90. The second kappa shape index (κ2) is 7.12. The number of fused-ring (bicyclic) bond motifs is 1. The highest BCUT2D eigenvalue weighted by atomic mass is 35.5. The molecule has 0 aliphatic carbocycles. The zero-order valence-electron chi connectivity index (χ0n) is 12.6. The molecule has 2 atom stereocenters. The Balaban J connectivity index is 1.78. The molecule has 2 heterocycles. The number of hydrogen-bond donors (Lipinski definition) is 1. The van der Waals surface area contributed by atoms with Crippen molar-refractivity contribution in [2.75, 3.05) is 19.8 Å². The van der Waals surface area contributed by atoms with Gasteiger partial charge in [-0.1, -0.05) is 17.5 Å². The first kappa shape index (κ1) is 16.0. The molecule has 0 spiro atoms. The number of halogens is 1. The summed E-state index contributed by atoms with van der Waals surface area (Å²) >= 11 is 6.21. The van der Waals surface area contributed by atoms with Crippen molar-refractivity contribution in [2.24, 2.45) is 0 Å². The molecule has 1 aromatic carbocycles. The van der Waals surface area contributed by atoms with Crippen molar-refractivity contribution in [3.05, 3.63) is 22.7 Å². The summed E-state index contributed by atoms with van der Waals surface area (Å²) in [7, 11) is 0. The van der Waals surface area contributed by atoms with E-state index in [2.05, 4.69) is 11.2 Å². The summed E-state index contributed by atoms with van der Waals surface area (Å²) in [4.78, 5) is 12.5. The van der Waals surface area contributed by atoms with Gasteiger partial charge in [-0.2, -0.15) is 0 Å². The van der Waals surface area contributed by atoms with Crippen LogP contribution in [0.25, 0.3) is 0 Å². The van der Waals surface area contributed by atoms with E-state index < -0.39 is 6.04 Å². The van der Waals surface area contributed by atoms with E-state index in [9.17, 15) is 4.79 Å². The van der Waals surface area contributed by atoms with Crippen LogP contribution < -0.4 is 14.8 Å². The third-order valence-corrected chi connectivity index (χ3v) is 4.15. The van der Waals surface area contributed by atoms with Gasteiger partial charge in [0, 0.05) is 18.6 Å². The largest absolute Gasteiger partial charge is 0.489 e. The normalized spacial score (nSPS) is 21.1. The molecule has 0 radical (unpaired) electrons. The zero-order chi connectivity index (χ0) is 16.2. The number of carbonyl (C=O) groups excluding carboxylic acids is 1. The summed E-state index contributed by atoms with van der Waals surface area (Å²) in [6.07, 6.45) is 7.95. The summed E-state index contributed by atoms with van der Waals surface area (Å²) in [6, 6.07) is 2.73. The van der Waals surface area contributed by atoms with E-state index in [1.54, 1.807) is 12.1 Å². The SMILES string of the molecule is C#C[C@H](NC(=O)c1cc(Cl)c2c(c1)OCCCO2)[C@H]1CCCO1. The lowest BCUT2D eigenvalue weighted by molar-refractivity contribution is 0.0776. The van der Waals surface area contributed by atoms with Crippen LogP contribution in [0.4, 0.5) is 0 Å². The van der Waals surface area contributed by atoms with Crippen LogP contribution in [0.1, 0.15) is 29.6 Å². The monoisotopic (exact) mass is 335 g/mol. The van der Waals surface area contributed by atoms with Gasteiger partial charge >= 0.3 is 0 Å². The number of ether oxygens (including phenoxy) is 3. The number of carbonyl (C=O) groups is 1. The van der Waals surface area contributed by atoms with Crippen LogP contribution in [-0.4, -0.2) is 37.9 Å². The number of nitrogens with one attached hydrogen (secondary N) is 1. The van der Waals surface area contributed by atoms with Crippen LogP contribution in [-0.2, 0) is 4.74 Å². The van der Waals surface area contributed by atoms with Gasteiger partial charge in [0.05, 0.1) is 24.3 Å². The molecule has 1 fully saturated rings. The minimum Gasteiger partial charge on any atom is -0.489 e. The molecular weight excluding hydrogens is 318 g/mol. The van der Waals surface area contributed by atoms with Crippen LogP contribution in [0, 0.1) is 12.3 Å². The van der Waals surface area contributed by atoms with Crippen LogP contribution >= 0.6 is 11.6 Å². The first-order valence-corrected chi connectivity index (χ1v) is 8.04. The number of hydrogen-bond acceptors (Lipinski definition) is 4. The van der Waals surface area contributed by atoms with Gasteiger partial charge in [-0.15, -0.1) is 6.42 Å². The fourth-order valence-electron chi connectivity index (χ4n) is 2.69. The van der Waals surface area contributed by atoms with Crippen molar-refractivity contribution in [2.45, 2.75) is 31.4 Å². The van der Waals surface area contributed by atoms with Gasteiger partial charge < -0.3 is 19.5 Å². The van der Waals surface area contributed by atoms with Gasteiger partial charge in [-0.25, -0.2) is 0 Å². The topological polar surface area (TPSA) is 56.8 Å². The molecule has 23 heavy (non-hydrogen) atoms. The number of amides is 1. The first-order chi connectivity index (χ1) is 11.2. The van der Waals surface area contributed by atoms with Crippen molar-refractivity contribution in [1.29, 1.82) is 0 Å². The molecule has 6 heteroatoms. The predicted octanol–water partition coefficient (Wildman–Crippen LogP) is 2.41. The molecule has 0 bridgehead atoms. The Labute approximate surface area is 140 Å². The lowest BCUT2D eigenvalue weighted by Gasteiger charge is -2.19. The summed E-state index contributed by atoms with van der Waals surface area (Å²) < 4.78 is 16.7. The fraction of sp³-hybridized carbons (Fsp3) is 0.471. The predicted molar refractivity (Wildman–Crippen MR) is 86.1 cm³/mol. The Morgan fingerprint density at radius 3 is 2.87 bits per heavy atom. The van der Waals surface area contributed by atoms with E-state index in [1.807, 2.05) is 0 Å².